The van der Waals surface area contributed by atoms with E-state index in [9.17, 15) is 0 Å². The van der Waals surface area contributed by atoms with Gasteiger partial charge in [0.1, 0.15) is 11.4 Å². The average molecular weight is 359 g/mol. The first kappa shape index (κ1) is 15.4. The molecular weight excluding hydrogens is 342 g/mol. The van der Waals surface area contributed by atoms with Gasteiger partial charge in [0.05, 0.1) is 24.7 Å². The van der Waals surface area contributed by atoms with Crippen LogP contribution in [-0.4, -0.2) is 34.0 Å². The second-order valence-electron chi connectivity index (χ2n) is 6.29. The highest BCUT2D eigenvalue weighted by molar-refractivity contribution is 6.07. The van der Waals surface area contributed by atoms with E-state index in [4.69, 9.17) is 21.2 Å². The monoisotopic (exact) mass is 359 g/mol. The minimum Gasteiger partial charge on any atom is -0.497 e. The van der Waals surface area contributed by atoms with Crippen molar-refractivity contribution in [2.45, 2.75) is 0 Å². The number of hydrogen-bond donors (Lipinski definition) is 3. The van der Waals surface area contributed by atoms with Gasteiger partial charge in [0.2, 0.25) is 5.95 Å². The van der Waals surface area contributed by atoms with E-state index in [0.29, 0.717) is 18.5 Å². The number of nitrogen functional groups attached to an aromatic ring is 1. The Balaban J connectivity index is 1.91. The zero-order chi connectivity index (χ0) is 18.5. The number of guanidine groups is 1. The standard InChI is InChI=1S/C19H17N7O/c1-27-11-2-3-13-10(8-11)9-12-16(14-4-6-22-18(20)25-14)15-5-7-23-19(21)26(15)17(12)24-13/h2-5,7-9H,6H2,1H3,(H2,21,23)(H3,20,22,25). The van der Waals surface area contributed by atoms with Gasteiger partial charge in [0.15, 0.2) is 5.96 Å². The van der Waals surface area contributed by atoms with Crippen LogP contribution in [0.2, 0.25) is 0 Å². The fourth-order valence-corrected chi connectivity index (χ4v) is 3.53. The molecule has 0 saturated carbocycles. The van der Waals surface area contributed by atoms with Gasteiger partial charge in [-0.1, -0.05) is 0 Å². The quantitative estimate of drug-likeness (QED) is 0.503. The molecule has 8 heteroatoms. The highest BCUT2D eigenvalue weighted by atomic mass is 16.5. The molecule has 0 atom stereocenters. The Bertz CT molecular complexity index is 1290. The maximum atomic E-state index is 6.19. The topological polar surface area (TPSA) is 116 Å². The van der Waals surface area contributed by atoms with E-state index in [-0.39, 0.29) is 0 Å². The number of fused-ring (bicyclic) bond motifs is 4. The van der Waals surface area contributed by atoms with E-state index in [1.807, 2.05) is 34.7 Å². The van der Waals surface area contributed by atoms with Gasteiger partial charge in [-0.25, -0.2) is 15.0 Å². The van der Waals surface area contributed by atoms with Crippen molar-refractivity contribution < 1.29 is 4.74 Å². The highest BCUT2D eigenvalue weighted by Gasteiger charge is 2.20. The third kappa shape index (κ3) is 2.27. The van der Waals surface area contributed by atoms with Crippen molar-refractivity contribution in [3.63, 3.8) is 0 Å². The Hall–Kier alpha value is -3.81. The Kier molecular flexibility index (Phi) is 3.20. The molecule has 1 aliphatic rings. The molecule has 0 spiro atoms. The van der Waals surface area contributed by atoms with Crippen LogP contribution in [0.4, 0.5) is 5.95 Å². The van der Waals surface area contributed by atoms with Crippen molar-refractivity contribution in [1.29, 1.82) is 0 Å². The second kappa shape index (κ2) is 5.60. The zero-order valence-electron chi connectivity index (χ0n) is 14.6. The first-order valence-corrected chi connectivity index (χ1v) is 8.46. The van der Waals surface area contributed by atoms with Crippen LogP contribution in [0.1, 0.15) is 5.56 Å². The summed E-state index contributed by atoms with van der Waals surface area (Å²) in [5.74, 6) is 1.54. The zero-order valence-corrected chi connectivity index (χ0v) is 14.6. The predicted octanol–water partition coefficient (Wildman–Crippen LogP) is 1.89. The summed E-state index contributed by atoms with van der Waals surface area (Å²) in [6, 6.07) is 9.80. The lowest BCUT2D eigenvalue weighted by atomic mass is 10.1. The number of aromatic nitrogens is 3. The predicted molar refractivity (Wildman–Crippen MR) is 107 cm³/mol. The number of hydrogen-bond acceptors (Lipinski definition) is 7. The molecule has 1 aliphatic heterocycles. The lowest BCUT2D eigenvalue weighted by molar-refractivity contribution is 0.415. The molecule has 5 N–H and O–H groups in total. The van der Waals surface area contributed by atoms with Crippen LogP contribution in [0.3, 0.4) is 0 Å². The van der Waals surface area contributed by atoms with Crippen molar-refractivity contribution >= 4 is 45.1 Å². The number of nitrogens with zero attached hydrogens (tertiary/aromatic N) is 4. The van der Waals surface area contributed by atoms with Gasteiger partial charge >= 0.3 is 0 Å². The Labute approximate surface area is 154 Å². The van der Waals surface area contributed by atoms with Gasteiger partial charge in [-0.2, -0.15) is 0 Å². The molecule has 0 saturated heterocycles. The van der Waals surface area contributed by atoms with E-state index in [1.165, 1.54) is 0 Å². The molecule has 8 nitrogen and oxygen atoms in total. The summed E-state index contributed by atoms with van der Waals surface area (Å²) in [5.41, 5.74) is 16.4. The molecule has 134 valence electrons. The third-order valence-corrected chi connectivity index (χ3v) is 4.74. The molecule has 3 aromatic heterocycles. The minimum atomic E-state index is 0.377. The fourth-order valence-electron chi connectivity index (χ4n) is 3.53. The molecule has 0 aliphatic carbocycles. The van der Waals surface area contributed by atoms with Crippen molar-refractivity contribution in [2.24, 2.45) is 10.7 Å². The number of benzene rings is 1. The van der Waals surface area contributed by atoms with Crippen molar-refractivity contribution in [2.75, 3.05) is 19.4 Å². The average Bonchev–Trinajstić information content (AvgIpc) is 3.00. The molecule has 27 heavy (non-hydrogen) atoms. The lowest BCUT2D eigenvalue weighted by Gasteiger charge is -2.14. The smallest absolute Gasteiger partial charge is 0.206 e. The van der Waals surface area contributed by atoms with Gasteiger partial charge in [0.25, 0.3) is 0 Å². The first-order chi connectivity index (χ1) is 13.2. The van der Waals surface area contributed by atoms with Crippen LogP contribution in [0.5, 0.6) is 5.75 Å². The summed E-state index contributed by atoms with van der Waals surface area (Å²) < 4.78 is 7.21. The van der Waals surface area contributed by atoms with E-state index >= 15 is 0 Å². The lowest BCUT2D eigenvalue weighted by Crippen LogP contribution is -2.32. The molecule has 0 radical (unpaired) electrons. The first-order valence-electron chi connectivity index (χ1n) is 8.46. The molecule has 0 bridgehead atoms. The molecule has 4 aromatic rings. The number of pyridine rings is 1. The molecule has 0 unspecified atom stereocenters. The number of methoxy groups -OCH3 is 1. The number of nitrogens with two attached hydrogens (primary N) is 2. The Morgan fingerprint density at radius 2 is 2.07 bits per heavy atom. The van der Waals surface area contributed by atoms with Crippen LogP contribution < -0.4 is 21.5 Å². The minimum absolute atomic E-state index is 0.377. The summed E-state index contributed by atoms with van der Waals surface area (Å²) >= 11 is 0. The molecule has 0 fully saturated rings. The van der Waals surface area contributed by atoms with Gasteiger partial charge in [-0.3, -0.25) is 4.40 Å². The number of anilines is 1. The summed E-state index contributed by atoms with van der Waals surface area (Å²) in [5, 5.41) is 5.08. The highest BCUT2D eigenvalue weighted by Crippen LogP contribution is 2.34. The number of nitrogens with one attached hydrogen (secondary N) is 1. The van der Waals surface area contributed by atoms with Gasteiger partial charge in [-0.15, -0.1) is 0 Å². The molecule has 1 aromatic carbocycles. The van der Waals surface area contributed by atoms with Crippen molar-refractivity contribution in [1.82, 2.24) is 19.7 Å². The van der Waals surface area contributed by atoms with Gasteiger partial charge < -0.3 is 21.5 Å². The Morgan fingerprint density at radius 3 is 2.89 bits per heavy atom. The van der Waals surface area contributed by atoms with E-state index in [0.717, 1.165) is 44.5 Å². The van der Waals surface area contributed by atoms with Crippen LogP contribution >= 0.6 is 0 Å². The normalized spacial score (nSPS) is 14.3. The SMILES string of the molecule is COc1ccc2nc3c(cc2c1)c(C1=CCN=C(N)N1)c1ccnc(N)n13. The van der Waals surface area contributed by atoms with Crippen molar-refractivity contribution in [3.05, 3.63) is 48.2 Å². The van der Waals surface area contributed by atoms with Gasteiger partial charge in [-0.05, 0) is 36.4 Å². The van der Waals surface area contributed by atoms with Gasteiger partial charge in [0, 0.05) is 28.2 Å². The fraction of sp³-hybridized carbons (Fsp3) is 0.105. The second-order valence-corrected chi connectivity index (χ2v) is 6.29. The third-order valence-electron chi connectivity index (χ3n) is 4.74. The Morgan fingerprint density at radius 1 is 1.19 bits per heavy atom. The number of aliphatic imine (C=N–C) groups is 1. The largest absolute Gasteiger partial charge is 0.497 e. The summed E-state index contributed by atoms with van der Waals surface area (Å²) in [7, 11) is 1.65. The summed E-state index contributed by atoms with van der Waals surface area (Å²) in [4.78, 5) is 13.2. The number of ether oxygens (including phenoxy) is 1. The summed E-state index contributed by atoms with van der Waals surface area (Å²) in [6.07, 6.45) is 3.69. The number of rotatable bonds is 2. The maximum Gasteiger partial charge on any atom is 0.206 e. The van der Waals surface area contributed by atoms with E-state index in [2.05, 4.69) is 21.4 Å². The van der Waals surface area contributed by atoms with E-state index in [1.54, 1.807) is 13.3 Å². The maximum absolute atomic E-state index is 6.19. The van der Waals surface area contributed by atoms with Crippen LogP contribution in [0, 0.1) is 0 Å². The molecule has 4 heterocycles. The van der Waals surface area contributed by atoms with Crippen LogP contribution in [0.15, 0.2) is 47.6 Å². The van der Waals surface area contributed by atoms with Crippen LogP contribution in [-0.2, 0) is 0 Å². The van der Waals surface area contributed by atoms with Crippen LogP contribution in [0.25, 0.3) is 33.2 Å². The van der Waals surface area contributed by atoms with Crippen molar-refractivity contribution in [3.8, 4) is 5.75 Å². The summed E-state index contributed by atoms with van der Waals surface area (Å²) in [6.45, 7) is 0.516. The molecule has 5 rings (SSSR count). The molecular formula is C19H17N7O. The van der Waals surface area contributed by atoms with E-state index < -0.39 is 0 Å². The molecule has 0 amide bonds.